The number of amides is 2. The van der Waals surface area contributed by atoms with Crippen LogP contribution in [0, 0.1) is 5.92 Å². The third-order valence-corrected chi connectivity index (χ3v) is 5.96. The van der Waals surface area contributed by atoms with Crippen LogP contribution in [-0.2, 0) is 9.59 Å². The molecule has 1 aromatic carbocycles. The van der Waals surface area contributed by atoms with Crippen LogP contribution in [0.5, 0.6) is 5.75 Å². The maximum absolute atomic E-state index is 12.9. The number of carbonyl (C=O) groups excluding carboxylic acids is 2. The molecule has 2 aliphatic heterocycles. The number of ether oxygens (including phenoxy) is 1. The monoisotopic (exact) mass is 387 g/mol. The van der Waals surface area contributed by atoms with E-state index in [2.05, 4.69) is 17.6 Å². The molecule has 2 N–H and O–H groups in total. The Bertz CT molecular complexity index is 673. The maximum atomic E-state index is 12.9. The van der Waals surface area contributed by atoms with E-state index in [1.54, 1.807) is 7.11 Å². The van der Waals surface area contributed by atoms with Gasteiger partial charge in [0.1, 0.15) is 5.75 Å². The van der Waals surface area contributed by atoms with Gasteiger partial charge in [-0.1, -0.05) is 25.1 Å². The predicted molar refractivity (Wildman–Crippen MR) is 109 cm³/mol. The second-order valence-electron chi connectivity index (χ2n) is 8.09. The van der Waals surface area contributed by atoms with Gasteiger partial charge in [0.2, 0.25) is 11.8 Å². The second-order valence-corrected chi connectivity index (χ2v) is 8.09. The van der Waals surface area contributed by atoms with E-state index >= 15 is 0 Å². The molecule has 2 saturated heterocycles. The molecule has 3 unspecified atom stereocenters. The standard InChI is InChI=1S/C22H33N3O3/c1-16(18-8-3-4-10-20(18)28-2)13-21(26)25-12-6-7-17(15-25)14-24-22(27)19-9-5-11-23-19/h3-4,8,10,16-17,19,23H,5-7,9,11-15H2,1-2H3,(H,24,27). The molecule has 6 heteroatoms. The summed E-state index contributed by atoms with van der Waals surface area (Å²) in [5.41, 5.74) is 1.07. The summed E-state index contributed by atoms with van der Waals surface area (Å²) in [5.74, 6) is 1.57. The molecule has 0 aromatic heterocycles. The molecule has 0 bridgehead atoms. The summed E-state index contributed by atoms with van der Waals surface area (Å²) in [6, 6.07) is 7.86. The minimum atomic E-state index is -0.0389. The summed E-state index contributed by atoms with van der Waals surface area (Å²) in [4.78, 5) is 27.0. The number of benzene rings is 1. The van der Waals surface area contributed by atoms with Gasteiger partial charge >= 0.3 is 0 Å². The van der Waals surface area contributed by atoms with Crippen molar-refractivity contribution in [2.75, 3.05) is 33.3 Å². The van der Waals surface area contributed by atoms with E-state index in [1.165, 1.54) is 0 Å². The molecule has 0 saturated carbocycles. The fraction of sp³-hybridized carbons (Fsp3) is 0.636. The molecule has 1 aromatic rings. The van der Waals surface area contributed by atoms with Crippen LogP contribution in [0.3, 0.4) is 0 Å². The average molecular weight is 388 g/mol. The molecule has 0 spiro atoms. The first-order valence-electron chi connectivity index (χ1n) is 10.5. The smallest absolute Gasteiger partial charge is 0.237 e. The third kappa shape index (κ3) is 5.25. The number of rotatable bonds is 7. The van der Waals surface area contributed by atoms with E-state index in [0.717, 1.165) is 56.6 Å². The highest BCUT2D eigenvalue weighted by Gasteiger charge is 2.27. The molecule has 2 fully saturated rings. The zero-order valence-electron chi connectivity index (χ0n) is 17.1. The highest BCUT2D eigenvalue weighted by molar-refractivity contribution is 5.82. The second kappa shape index (κ2) is 9.92. The number of hydrogen-bond acceptors (Lipinski definition) is 4. The van der Waals surface area contributed by atoms with Crippen molar-refractivity contribution in [3.63, 3.8) is 0 Å². The third-order valence-electron chi connectivity index (χ3n) is 5.96. The lowest BCUT2D eigenvalue weighted by Crippen LogP contribution is -2.46. The summed E-state index contributed by atoms with van der Waals surface area (Å²) in [5, 5.41) is 6.31. The predicted octanol–water partition coefficient (Wildman–Crippen LogP) is 2.30. The van der Waals surface area contributed by atoms with Gasteiger partial charge in [0.15, 0.2) is 0 Å². The van der Waals surface area contributed by atoms with Gasteiger partial charge in [-0.15, -0.1) is 0 Å². The Balaban J connectivity index is 1.49. The Morgan fingerprint density at radius 1 is 1.29 bits per heavy atom. The Morgan fingerprint density at radius 2 is 2.11 bits per heavy atom. The van der Waals surface area contributed by atoms with Crippen molar-refractivity contribution in [2.45, 2.75) is 51.0 Å². The van der Waals surface area contributed by atoms with Gasteiger partial charge in [0, 0.05) is 26.1 Å². The van der Waals surface area contributed by atoms with Crippen LogP contribution in [0.25, 0.3) is 0 Å². The quantitative estimate of drug-likeness (QED) is 0.753. The molecule has 2 heterocycles. The van der Waals surface area contributed by atoms with Crippen molar-refractivity contribution in [3.05, 3.63) is 29.8 Å². The molecule has 2 amide bonds. The van der Waals surface area contributed by atoms with E-state index in [9.17, 15) is 9.59 Å². The molecule has 6 nitrogen and oxygen atoms in total. The lowest BCUT2D eigenvalue weighted by Gasteiger charge is -2.34. The van der Waals surface area contributed by atoms with Crippen LogP contribution in [-0.4, -0.2) is 56.0 Å². The van der Waals surface area contributed by atoms with Crippen molar-refractivity contribution in [1.29, 1.82) is 0 Å². The van der Waals surface area contributed by atoms with Crippen molar-refractivity contribution in [2.24, 2.45) is 5.92 Å². The molecule has 3 atom stereocenters. The molecule has 0 radical (unpaired) electrons. The van der Waals surface area contributed by atoms with E-state index < -0.39 is 0 Å². The fourth-order valence-electron chi connectivity index (χ4n) is 4.31. The number of likely N-dealkylation sites (tertiary alicyclic amines) is 1. The van der Waals surface area contributed by atoms with E-state index in [4.69, 9.17) is 4.74 Å². The van der Waals surface area contributed by atoms with Crippen molar-refractivity contribution in [3.8, 4) is 5.75 Å². The van der Waals surface area contributed by atoms with Gasteiger partial charge in [0.25, 0.3) is 0 Å². The summed E-state index contributed by atoms with van der Waals surface area (Å²) in [6.45, 7) is 5.20. The van der Waals surface area contributed by atoms with Gasteiger partial charge in [-0.05, 0) is 55.7 Å². The molecule has 2 aliphatic rings. The summed E-state index contributed by atoms with van der Waals surface area (Å²) in [6.07, 6.45) is 4.52. The van der Waals surface area contributed by atoms with Crippen LogP contribution in [0.1, 0.15) is 50.5 Å². The van der Waals surface area contributed by atoms with Gasteiger partial charge in [-0.3, -0.25) is 9.59 Å². The summed E-state index contributed by atoms with van der Waals surface area (Å²) < 4.78 is 5.44. The van der Waals surface area contributed by atoms with Crippen LogP contribution < -0.4 is 15.4 Å². The van der Waals surface area contributed by atoms with Crippen LogP contribution >= 0.6 is 0 Å². The van der Waals surface area contributed by atoms with Crippen molar-refractivity contribution in [1.82, 2.24) is 15.5 Å². The average Bonchev–Trinajstić information content (AvgIpc) is 3.27. The van der Waals surface area contributed by atoms with Gasteiger partial charge < -0.3 is 20.3 Å². The van der Waals surface area contributed by atoms with Crippen LogP contribution in [0.2, 0.25) is 0 Å². The molecule has 154 valence electrons. The van der Waals surface area contributed by atoms with E-state index in [1.807, 2.05) is 29.2 Å². The highest BCUT2D eigenvalue weighted by atomic mass is 16.5. The lowest BCUT2D eigenvalue weighted by atomic mass is 9.94. The molecule has 3 rings (SSSR count). The SMILES string of the molecule is COc1ccccc1C(C)CC(=O)N1CCCC(CNC(=O)C2CCCN2)C1. The van der Waals surface area contributed by atoms with Crippen molar-refractivity contribution < 1.29 is 14.3 Å². The number of hydrogen-bond donors (Lipinski definition) is 2. The normalized spacial score (nSPS) is 23.3. The maximum Gasteiger partial charge on any atom is 0.237 e. The number of carbonyl (C=O) groups is 2. The Hall–Kier alpha value is -2.08. The Labute approximate surface area is 168 Å². The fourth-order valence-corrected chi connectivity index (χ4v) is 4.31. The first-order chi connectivity index (χ1) is 13.6. The zero-order chi connectivity index (χ0) is 19.9. The summed E-state index contributed by atoms with van der Waals surface area (Å²) >= 11 is 0. The molecule has 0 aliphatic carbocycles. The topological polar surface area (TPSA) is 70.7 Å². The minimum absolute atomic E-state index is 0.0389. The first kappa shape index (κ1) is 20.6. The van der Waals surface area contributed by atoms with Crippen LogP contribution in [0.15, 0.2) is 24.3 Å². The number of piperidine rings is 1. The molecular weight excluding hydrogens is 354 g/mol. The van der Waals surface area contributed by atoms with Gasteiger partial charge in [0.05, 0.1) is 13.2 Å². The summed E-state index contributed by atoms with van der Waals surface area (Å²) in [7, 11) is 1.66. The molecular formula is C22H33N3O3. The van der Waals surface area contributed by atoms with Gasteiger partial charge in [-0.25, -0.2) is 0 Å². The largest absolute Gasteiger partial charge is 0.496 e. The zero-order valence-corrected chi connectivity index (χ0v) is 17.1. The van der Waals surface area contributed by atoms with E-state index in [-0.39, 0.29) is 23.8 Å². The first-order valence-corrected chi connectivity index (χ1v) is 10.5. The number of nitrogens with one attached hydrogen (secondary N) is 2. The van der Waals surface area contributed by atoms with Crippen molar-refractivity contribution >= 4 is 11.8 Å². The lowest BCUT2D eigenvalue weighted by molar-refractivity contribution is -0.133. The Kier molecular flexibility index (Phi) is 7.31. The van der Waals surface area contributed by atoms with Gasteiger partial charge in [-0.2, -0.15) is 0 Å². The number of methoxy groups -OCH3 is 1. The molecule has 28 heavy (non-hydrogen) atoms. The minimum Gasteiger partial charge on any atom is -0.496 e. The van der Waals surface area contributed by atoms with Crippen LogP contribution in [0.4, 0.5) is 0 Å². The number of nitrogens with zero attached hydrogens (tertiary/aromatic N) is 1. The van der Waals surface area contributed by atoms with E-state index in [0.29, 0.717) is 18.9 Å². The number of para-hydroxylation sites is 1. The highest BCUT2D eigenvalue weighted by Crippen LogP contribution is 2.29. The Morgan fingerprint density at radius 3 is 2.86 bits per heavy atom.